The number of ether oxygens (including phenoxy) is 2. The number of hydrogen-bond donors (Lipinski definition) is 0. The van der Waals surface area contributed by atoms with Crippen molar-refractivity contribution in [3.05, 3.63) is 66.9 Å². The van der Waals surface area contributed by atoms with E-state index in [1.54, 1.807) is 14.2 Å². The standard InChI is InChI=1S/C22H17N3O2/c1-26-15-12-16-19(17(13-15)27-2)20(14-8-4-3-5-9-14)24-22-21(16)23-18-10-6-7-11-25(18)22/h3-13H,1-2H3. The second-order valence-corrected chi connectivity index (χ2v) is 6.29. The van der Waals surface area contributed by atoms with Crippen LogP contribution in [0, 0.1) is 0 Å². The first-order chi connectivity index (χ1) is 13.3. The van der Waals surface area contributed by atoms with Gasteiger partial charge in [0, 0.05) is 23.2 Å². The van der Waals surface area contributed by atoms with Crippen molar-refractivity contribution in [2.75, 3.05) is 14.2 Å². The van der Waals surface area contributed by atoms with Gasteiger partial charge in [-0.25, -0.2) is 9.97 Å². The second-order valence-electron chi connectivity index (χ2n) is 6.29. The van der Waals surface area contributed by atoms with Crippen LogP contribution in [0.25, 0.3) is 38.8 Å². The van der Waals surface area contributed by atoms with Gasteiger partial charge in [0.1, 0.15) is 22.7 Å². The summed E-state index contributed by atoms with van der Waals surface area (Å²) in [6, 6.07) is 20.0. The molecule has 0 aliphatic carbocycles. The van der Waals surface area contributed by atoms with Crippen LogP contribution >= 0.6 is 0 Å². The number of imidazole rings is 1. The van der Waals surface area contributed by atoms with Crippen LogP contribution in [0.2, 0.25) is 0 Å². The second kappa shape index (κ2) is 5.99. The molecule has 27 heavy (non-hydrogen) atoms. The molecule has 0 N–H and O–H groups in total. The molecule has 0 amide bonds. The highest BCUT2D eigenvalue weighted by atomic mass is 16.5. The summed E-state index contributed by atoms with van der Waals surface area (Å²) in [7, 11) is 3.32. The average Bonchev–Trinajstić information content (AvgIpc) is 3.12. The average molecular weight is 355 g/mol. The van der Waals surface area contributed by atoms with Crippen LogP contribution in [0.3, 0.4) is 0 Å². The van der Waals surface area contributed by atoms with Crippen molar-refractivity contribution in [1.82, 2.24) is 14.4 Å². The highest BCUT2D eigenvalue weighted by Crippen LogP contribution is 2.40. The van der Waals surface area contributed by atoms with Crippen molar-refractivity contribution >= 4 is 27.6 Å². The van der Waals surface area contributed by atoms with Crippen LogP contribution in [-0.2, 0) is 0 Å². The van der Waals surface area contributed by atoms with Crippen molar-refractivity contribution in [2.45, 2.75) is 0 Å². The van der Waals surface area contributed by atoms with Crippen LogP contribution in [0.15, 0.2) is 66.9 Å². The molecule has 0 saturated heterocycles. The minimum absolute atomic E-state index is 0.717. The molecule has 5 rings (SSSR count). The van der Waals surface area contributed by atoms with Gasteiger partial charge in [0.05, 0.1) is 25.3 Å². The molecule has 0 radical (unpaired) electrons. The van der Waals surface area contributed by atoms with Crippen LogP contribution in [0.5, 0.6) is 11.5 Å². The summed E-state index contributed by atoms with van der Waals surface area (Å²) in [4.78, 5) is 9.82. The van der Waals surface area contributed by atoms with Gasteiger partial charge in [0.15, 0.2) is 5.65 Å². The van der Waals surface area contributed by atoms with Gasteiger partial charge in [-0.15, -0.1) is 0 Å². The number of pyridine rings is 2. The van der Waals surface area contributed by atoms with E-state index >= 15 is 0 Å². The van der Waals surface area contributed by atoms with Crippen molar-refractivity contribution in [3.8, 4) is 22.8 Å². The van der Waals surface area contributed by atoms with Gasteiger partial charge in [-0.2, -0.15) is 0 Å². The maximum Gasteiger partial charge on any atom is 0.165 e. The Kier molecular flexibility index (Phi) is 3.47. The maximum atomic E-state index is 5.70. The predicted octanol–water partition coefficient (Wildman–Crippen LogP) is 4.72. The summed E-state index contributed by atoms with van der Waals surface area (Å²) in [5.41, 5.74) is 4.38. The molecule has 5 heteroatoms. The molecule has 5 nitrogen and oxygen atoms in total. The van der Waals surface area contributed by atoms with Crippen molar-refractivity contribution in [3.63, 3.8) is 0 Å². The molecule has 3 heterocycles. The zero-order valence-electron chi connectivity index (χ0n) is 15.0. The van der Waals surface area contributed by atoms with E-state index in [4.69, 9.17) is 19.4 Å². The van der Waals surface area contributed by atoms with Crippen LogP contribution < -0.4 is 9.47 Å². The third-order valence-corrected chi connectivity index (χ3v) is 4.79. The number of aromatic nitrogens is 3. The lowest BCUT2D eigenvalue weighted by Gasteiger charge is -2.13. The highest BCUT2D eigenvalue weighted by Gasteiger charge is 2.19. The maximum absolute atomic E-state index is 5.70. The van der Waals surface area contributed by atoms with E-state index in [0.717, 1.165) is 50.3 Å². The first kappa shape index (κ1) is 15.6. The summed E-state index contributed by atoms with van der Waals surface area (Å²) in [5, 5.41) is 1.89. The van der Waals surface area contributed by atoms with E-state index in [1.165, 1.54) is 0 Å². The predicted molar refractivity (Wildman–Crippen MR) is 107 cm³/mol. The molecule has 0 saturated carbocycles. The molecule has 0 bridgehead atoms. The van der Waals surface area contributed by atoms with Gasteiger partial charge in [0.25, 0.3) is 0 Å². The molecular formula is C22H17N3O2. The monoisotopic (exact) mass is 355 g/mol. The molecule has 132 valence electrons. The number of fused-ring (bicyclic) bond motifs is 5. The third-order valence-electron chi connectivity index (χ3n) is 4.79. The summed E-state index contributed by atoms with van der Waals surface area (Å²) in [5.74, 6) is 1.44. The largest absolute Gasteiger partial charge is 0.497 e. The molecular weight excluding hydrogens is 338 g/mol. The molecule has 5 aromatic rings. The Balaban J connectivity index is 2.04. The van der Waals surface area contributed by atoms with Crippen molar-refractivity contribution in [1.29, 1.82) is 0 Å². The Hall–Kier alpha value is -3.60. The fourth-order valence-corrected chi connectivity index (χ4v) is 3.54. The molecule has 0 aliphatic rings. The topological polar surface area (TPSA) is 48.7 Å². The van der Waals surface area contributed by atoms with E-state index in [2.05, 4.69) is 12.1 Å². The minimum Gasteiger partial charge on any atom is -0.497 e. The first-order valence-corrected chi connectivity index (χ1v) is 8.68. The number of nitrogens with zero attached hydrogens (tertiary/aromatic N) is 3. The number of benzene rings is 2. The third kappa shape index (κ3) is 2.32. The first-order valence-electron chi connectivity index (χ1n) is 8.68. The summed E-state index contributed by atoms with van der Waals surface area (Å²) in [6.07, 6.45) is 1.98. The Labute approximate surface area is 155 Å². The van der Waals surface area contributed by atoms with Gasteiger partial charge in [-0.3, -0.25) is 4.40 Å². The lowest BCUT2D eigenvalue weighted by Crippen LogP contribution is -1.95. The van der Waals surface area contributed by atoms with Crippen LogP contribution in [0.4, 0.5) is 0 Å². The summed E-state index contributed by atoms with van der Waals surface area (Å²) < 4.78 is 13.2. The summed E-state index contributed by atoms with van der Waals surface area (Å²) >= 11 is 0. The Bertz CT molecular complexity index is 1290. The quantitative estimate of drug-likeness (QED) is 0.470. The molecule has 3 aromatic heterocycles. The molecule has 0 unspecified atom stereocenters. The van der Waals surface area contributed by atoms with E-state index < -0.39 is 0 Å². The van der Waals surface area contributed by atoms with E-state index in [-0.39, 0.29) is 0 Å². The lowest BCUT2D eigenvalue weighted by atomic mass is 10.0. The fraction of sp³-hybridized carbons (Fsp3) is 0.0909. The smallest absolute Gasteiger partial charge is 0.165 e. The number of rotatable bonds is 3. The fourth-order valence-electron chi connectivity index (χ4n) is 3.54. The van der Waals surface area contributed by atoms with Gasteiger partial charge >= 0.3 is 0 Å². The highest BCUT2D eigenvalue weighted by molar-refractivity contribution is 6.12. The lowest BCUT2D eigenvalue weighted by molar-refractivity contribution is 0.398. The molecule has 0 aliphatic heterocycles. The molecule has 0 fully saturated rings. The Morgan fingerprint density at radius 1 is 0.852 bits per heavy atom. The van der Waals surface area contributed by atoms with Gasteiger partial charge < -0.3 is 9.47 Å². The Morgan fingerprint density at radius 2 is 1.67 bits per heavy atom. The zero-order chi connectivity index (χ0) is 18.4. The SMILES string of the molecule is COc1cc(OC)c2c(-c3ccccc3)nc3c(nc4ccccn43)c2c1. The van der Waals surface area contributed by atoms with E-state index in [0.29, 0.717) is 0 Å². The van der Waals surface area contributed by atoms with Gasteiger partial charge in [-0.05, 0) is 18.2 Å². The molecule has 2 aromatic carbocycles. The number of methoxy groups -OCH3 is 2. The normalized spacial score (nSPS) is 11.3. The molecule has 0 spiro atoms. The van der Waals surface area contributed by atoms with Gasteiger partial charge in [-0.1, -0.05) is 36.4 Å². The minimum atomic E-state index is 0.717. The Morgan fingerprint density at radius 3 is 2.44 bits per heavy atom. The van der Waals surface area contributed by atoms with E-state index in [9.17, 15) is 0 Å². The number of hydrogen-bond acceptors (Lipinski definition) is 4. The van der Waals surface area contributed by atoms with Crippen LogP contribution in [0.1, 0.15) is 0 Å². The van der Waals surface area contributed by atoms with E-state index in [1.807, 2.05) is 59.1 Å². The summed E-state index contributed by atoms with van der Waals surface area (Å²) in [6.45, 7) is 0. The van der Waals surface area contributed by atoms with Crippen molar-refractivity contribution in [2.24, 2.45) is 0 Å². The zero-order valence-corrected chi connectivity index (χ0v) is 15.0. The van der Waals surface area contributed by atoms with Crippen molar-refractivity contribution < 1.29 is 9.47 Å². The van der Waals surface area contributed by atoms with Gasteiger partial charge in [0.2, 0.25) is 0 Å². The molecule has 0 atom stereocenters. The van der Waals surface area contributed by atoms with Crippen LogP contribution in [-0.4, -0.2) is 28.6 Å².